The minimum atomic E-state index is -1.51. The van der Waals surface area contributed by atoms with Gasteiger partial charge in [0.25, 0.3) is 0 Å². The van der Waals surface area contributed by atoms with Crippen LogP contribution >= 0.6 is 0 Å². The number of hydrogen-bond acceptors (Lipinski definition) is 0. The third-order valence-corrected chi connectivity index (χ3v) is 12.4. The molecular formula is C40H62Si2. The first kappa shape index (κ1) is 39.6. The van der Waals surface area contributed by atoms with E-state index in [1.165, 1.54) is 87.4 Å². The molecule has 0 nitrogen and oxygen atoms in total. The Morgan fingerprint density at radius 2 is 0.810 bits per heavy atom. The predicted molar refractivity (Wildman–Crippen MR) is 198 cm³/mol. The van der Waals surface area contributed by atoms with E-state index in [0.29, 0.717) is 0 Å². The Morgan fingerprint density at radius 1 is 0.476 bits per heavy atom. The number of unbranched alkanes of at least 4 members (excludes halogenated alkanes) is 12. The first-order valence-electron chi connectivity index (χ1n) is 16.8. The molecule has 0 saturated carbocycles. The predicted octanol–water partition coefficient (Wildman–Crippen LogP) is 10.8. The standard InChI is InChI=1S/2C16H24Si.C8H14/c2*1-4-5-6-7-8-12-15-17(2,3)16-13-10-9-11-14-16;1-3-5-7-8-6-4-2/h2*9-11,13-14H,4-8H2,1-3H3;1H,4-8H2,2H3. The summed E-state index contributed by atoms with van der Waals surface area (Å²) in [6.45, 7) is 16.0. The quantitative estimate of drug-likeness (QED) is 0.115. The van der Waals surface area contributed by atoms with E-state index in [-0.39, 0.29) is 0 Å². The van der Waals surface area contributed by atoms with Crippen molar-refractivity contribution in [2.24, 2.45) is 0 Å². The summed E-state index contributed by atoms with van der Waals surface area (Å²) in [4.78, 5) is 0. The molecule has 0 unspecified atom stereocenters. The van der Waals surface area contributed by atoms with Crippen LogP contribution in [0.4, 0.5) is 0 Å². The molecule has 0 fully saturated rings. The Kier molecular flexibility index (Phi) is 24.7. The van der Waals surface area contributed by atoms with Crippen LogP contribution in [-0.2, 0) is 0 Å². The van der Waals surface area contributed by atoms with Gasteiger partial charge in [-0.15, -0.1) is 35.3 Å². The SMILES string of the molecule is C#CCCCCCC.CCCCCCC#C[Si](C)(C)c1ccccc1.CCCCCCC#C[Si](C)(C)c1ccccc1. The molecule has 0 aliphatic heterocycles. The summed E-state index contributed by atoms with van der Waals surface area (Å²) in [6.07, 6.45) is 23.8. The molecule has 0 aliphatic carbocycles. The average Bonchev–Trinajstić information content (AvgIpc) is 3.00. The summed E-state index contributed by atoms with van der Waals surface area (Å²) in [7, 11) is -3.02. The molecular weight excluding hydrogens is 537 g/mol. The fourth-order valence-corrected chi connectivity index (χ4v) is 7.83. The van der Waals surface area contributed by atoms with Crippen molar-refractivity contribution in [3.8, 4) is 35.3 Å². The van der Waals surface area contributed by atoms with Crippen LogP contribution in [0.1, 0.15) is 117 Å². The topological polar surface area (TPSA) is 0 Å². The second-order valence-corrected chi connectivity index (χ2v) is 20.4. The molecule has 0 radical (unpaired) electrons. The highest BCUT2D eigenvalue weighted by Gasteiger charge is 2.20. The summed E-state index contributed by atoms with van der Waals surface area (Å²) >= 11 is 0. The maximum absolute atomic E-state index is 5.06. The zero-order valence-corrected chi connectivity index (χ0v) is 30.5. The first-order chi connectivity index (χ1) is 20.2. The van der Waals surface area contributed by atoms with Crippen molar-refractivity contribution in [2.45, 2.75) is 143 Å². The van der Waals surface area contributed by atoms with E-state index in [4.69, 9.17) is 6.42 Å². The lowest BCUT2D eigenvalue weighted by Crippen LogP contribution is -2.39. The van der Waals surface area contributed by atoms with Crippen LogP contribution in [-0.4, -0.2) is 16.1 Å². The molecule has 0 amide bonds. The van der Waals surface area contributed by atoms with Gasteiger partial charge in [-0.1, -0.05) is 165 Å². The van der Waals surface area contributed by atoms with Crippen molar-refractivity contribution < 1.29 is 0 Å². The first-order valence-corrected chi connectivity index (χ1v) is 22.8. The second kappa shape index (κ2) is 26.2. The Labute approximate surface area is 264 Å². The smallest absolute Gasteiger partial charge is 0.126 e. The zero-order valence-electron chi connectivity index (χ0n) is 28.5. The van der Waals surface area contributed by atoms with Crippen molar-refractivity contribution in [3.63, 3.8) is 0 Å². The van der Waals surface area contributed by atoms with Gasteiger partial charge in [0, 0.05) is 19.3 Å². The van der Waals surface area contributed by atoms with Crippen LogP contribution in [0.2, 0.25) is 26.2 Å². The van der Waals surface area contributed by atoms with Crippen LogP contribution in [0.5, 0.6) is 0 Å². The summed E-state index contributed by atoms with van der Waals surface area (Å²) in [6, 6.07) is 21.5. The lowest BCUT2D eigenvalue weighted by molar-refractivity contribution is 0.680. The van der Waals surface area contributed by atoms with E-state index in [9.17, 15) is 0 Å². The third-order valence-electron chi connectivity index (χ3n) is 7.28. The van der Waals surface area contributed by atoms with Gasteiger partial charge in [0.2, 0.25) is 0 Å². The van der Waals surface area contributed by atoms with Gasteiger partial charge in [0.1, 0.15) is 0 Å². The summed E-state index contributed by atoms with van der Waals surface area (Å²) < 4.78 is 0. The fraction of sp³-hybridized carbons (Fsp3) is 0.550. The van der Waals surface area contributed by atoms with Crippen LogP contribution in [0, 0.1) is 35.3 Å². The molecule has 0 heterocycles. The van der Waals surface area contributed by atoms with Crippen molar-refractivity contribution in [2.75, 3.05) is 0 Å². The van der Waals surface area contributed by atoms with Crippen LogP contribution < -0.4 is 10.4 Å². The number of terminal acetylenes is 1. The molecule has 0 atom stereocenters. The van der Waals surface area contributed by atoms with Crippen molar-refractivity contribution in [1.29, 1.82) is 0 Å². The molecule has 42 heavy (non-hydrogen) atoms. The molecule has 0 N–H and O–H groups in total. The van der Waals surface area contributed by atoms with E-state index in [1.807, 2.05) is 0 Å². The largest absolute Gasteiger partial charge is 0.162 e. The van der Waals surface area contributed by atoms with E-state index >= 15 is 0 Å². The van der Waals surface area contributed by atoms with E-state index in [1.54, 1.807) is 0 Å². The average molecular weight is 599 g/mol. The number of rotatable bonds is 14. The zero-order chi connectivity index (χ0) is 31.4. The molecule has 0 saturated heterocycles. The number of benzene rings is 2. The maximum atomic E-state index is 5.06. The van der Waals surface area contributed by atoms with Gasteiger partial charge in [-0.3, -0.25) is 0 Å². The molecule has 2 aromatic carbocycles. The van der Waals surface area contributed by atoms with Gasteiger partial charge in [0.15, 0.2) is 16.1 Å². The Balaban J connectivity index is 0.000000642. The highest BCUT2D eigenvalue weighted by atomic mass is 28.3. The van der Waals surface area contributed by atoms with Crippen molar-refractivity contribution >= 4 is 26.5 Å². The van der Waals surface area contributed by atoms with E-state index in [0.717, 1.165) is 19.3 Å². The molecule has 2 rings (SSSR count). The molecule has 230 valence electrons. The Morgan fingerprint density at radius 3 is 1.12 bits per heavy atom. The summed E-state index contributed by atoms with van der Waals surface area (Å²) in [5.74, 6) is 9.42. The summed E-state index contributed by atoms with van der Waals surface area (Å²) in [5, 5.41) is 2.89. The Hall–Kier alpha value is -2.45. The lowest BCUT2D eigenvalue weighted by Gasteiger charge is -2.14. The molecule has 2 heteroatoms. The molecule has 2 aromatic rings. The molecule has 0 aliphatic rings. The monoisotopic (exact) mass is 598 g/mol. The highest BCUT2D eigenvalue weighted by Crippen LogP contribution is 2.06. The Bertz CT molecular complexity index is 976. The molecule has 0 bridgehead atoms. The third kappa shape index (κ3) is 21.3. The van der Waals surface area contributed by atoms with Crippen molar-refractivity contribution in [1.82, 2.24) is 0 Å². The second-order valence-electron chi connectivity index (χ2n) is 12.2. The highest BCUT2D eigenvalue weighted by molar-refractivity contribution is 6.96. The van der Waals surface area contributed by atoms with Gasteiger partial charge in [-0.25, -0.2) is 0 Å². The minimum Gasteiger partial charge on any atom is -0.126 e. The fourth-order valence-electron chi connectivity index (χ4n) is 4.36. The van der Waals surface area contributed by atoms with Crippen molar-refractivity contribution in [3.05, 3.63) is 60.7 Å². The van der Waals surface area contributed by atoms with Gasteiger partial charge in [0.05, 0.1) is 0 Å². The van der Waals surface area contributed by atoms with Crippen LogP contribution in [0.15, 0.2) is 60.7 Å². The minimum absolute atomic E-state index is 0.958. The molecule has 0 aromatic heterocycles. The van der Waals surface area contributed by atoms with Crippen LogP contribution in [0.25, 0.3) is 0 Å². The normalized spacial score (nSPS) is 10.3. The lowest BCUT2D eigenvalue weighted by atomic mass is 10.2. The molecule has 0 spiro atoms. The summed E-state index contributed by atoms with van der Waals surface area (Å²) in [5.41, 5.74) is 7.08. The van der Waals surface area contributed by atoms with Crippen LogP contribution in [0.3, 0.4) is 0 Å². The van der Waals surface area contributed by atoms with Gasteiger partial charge >= 0.3 is 0 Å². The number of hydrogen-bond donors (Lipinski definition) is 0. The van der Waals surface area contributed by atoms with Gasteiger partial charge in [-0.2, -0.15) is 0 Å². The van der Waals surface area contributed by atoms with E-state index in [2.05, 4.69) is 136 Å². The van der Waals surface area contributed by atoms with E-state index < -0.39 is 16.1 Å². The van der Waals surface area contributed by atoms with Gasteiger partial charge < -0.3 is 0 Å². The maximum Gasteiger partial charge on any atom is 0.162 e. The van der Waals surface area contributed by atoms with Gasteiger partial charge in [-0.05, 0) is 29.6 Å².